The monoisotopic (exact) mass is 384 g/mol. The van der Waals surface area contributed by atoms with Crippen LogP contribution in [-0.2, 0) is 0 Å². The zero-order valence-corrected chi connectivity index (χ0v) is 17.1. The number of ether oxygens (including phenoxy) is 1. The van der Waals surface area contributed by atoms with Crippen molar-refractivity contribution in [3.63, 3.8) is 0 Å². The van der Waals surface area contributed by atoms with E-state index in [2.05, 4.69) is 17.6 Å². The lowest BCUT2D eigenvalue weighted by Gasteiger charge is -2.14. The fraction of sp³-hybridized carbons (Fsp3) is 0.364. The maximum absolute atomic E-state index is 12.4. The SMILES string of the molecule is CCCCCCOc1ccc(C(=O)NC(=S)Nc2c(C)cccc2C)cc1. The molecule has 0 aliphatic heterocycles. The van der Waals surface area contributed by atoms with Crippen LogP contribution in [0.4, 0.5) is 5.69 Å². The molecule has 0 fully saturated rings. The minimum Gasteiger partial charge on any atom is -0.494 e. The number of hydrogen-bond acceptors (Lipinski definition) is 3. The Morgan fingerprint density at radius 1 is 1.00 bits per heavy atom. The van der Waals surface area contributed by atoms with Crippen LogP contribution in [0.15, 0.2) is 42.5 Å². The van der Waals surface area contributed by atoms with E-state index in [1.54, 1.807) is 12.1 Å². The summed E-state index contributed by atoms with van der Waals surface area (Å²) >= 11 is 5.28. The number of anilines is 1. The molecule has 2 aromatic rings. The van der Waals surface area contributed by atoms with E-state index in [1.165, 1.54) is 19.3 Å². The average Bonchev–Trinajstić information content (AvgIpc) is 2.65. The minimum atomic E-state index is -0.242. The van der Waals surface area contributed by atoms with Crippen LogP contribution < -0.4 is 15.4 Å². The number of para-hydroxylation sites is 1. The molecule has 0 saturated carbocycles. The van der Waals surface area contributed by atoms with Gasteiger partial charge in [-0.15, -0.1) is 0 Å². The van der Waals surface area contributed by atoms with Gasteiger partial charge in [-0.2, -0.15) is 0 Å². The van der Waals surface area contributed by atoms with E-state index in [-0.39, 0.29) is 11.0 Å². The van der Waals surface area contributed by atoms with Crippen molar-refractivity contribution < 1.29 is 9.53 Å². The summed E-state index contributed by atoms with van der Waals surface area (Å²) in [5.41, 5.74) is 3.62. The van der Waals surface area contributed by atoms with Crippen LogP contribution >= 0.6 is 12.2 Å². The van der Waals surface area contributed by atoms with Gasteiger partial charge in [0.2, 0.25) is 0 Å². The third kappa shape index (κ3) is 6.68. The van der Waals surface area contributed by atoms with Crippen LogP contribution in [-0.4, -0.2) is 17.6 Å². The summed E-state index contributed by atoms with van der Waals surface area (Å²) in [6, 6.07) is 13.1. The van der Waals surface area contributed by atoms with Crippen molar-refractivity contribution in [3.8, 4) is 5.75 Å². The largest absolute Gasteiger partial charge is 0.494 e. The molecule has 0 spiro atoms. The van der Waals surface area contributed by atoms with Gasteiger partial charge in [-0.3, -0.25) is 10.1 Å². The van der Waals surface area contributed by atoms with Crippen LogP contribution in [0, 0.1) is 13.8 Å². The van der Waals surface area contributed by atoms with Gasteiger partial charge in [0.15, 0.2) is 5.11 Å². The summed E-state index contributed by atoms with van der Waals surface area (Å²) in [6.07, 6.45) is 4.68. The third-order valence-electron chi connectivity index (χ3n) is 4.33. The first kappa shape index (κ1) is 20.9. The standard InChI is InChI=1S/C22H28N2O2S/c1-4-5-6-7-15-26-19-13-11-18(12-14-19)21(25)24-22(27)23-20-16(2)9-8-10-17(20)3/h8-14H,4-7,15H2,1-3H3,(H2,23,24,25,27). The number of thiocarbonyl (C=S) groups is 1. The van der Waals surface area contributed by atoms with Crippen LogP contribution in [0.3, 0.4) is 0 Å². The van der Waals surface area contributed by atoms with Crippen molar-refractivity contribution in [3.05, 3.63) is 59.2 Å². The minimum absolute atomic E-state index is 0.242. The molecule has 0 saturated heterocycles. The van der Waals surface area contributed by atoms with Gasteiger partial charge < -0.3 is 10.1 Å². The molecule has 4 nitrogen and oxygen atoms in total. The number of unbranched alkanes of at least 4 members (excludes halogenated alkanes) is 3. The van der Waals surface area contributed by atoms with E-state index in [0.717, 1.165) is 29.0 Å². The molecule has 0 atom stereocenters. The molecule has 144 valence electrons. The molecule has 0 unspecified atom stereocenters. The van der Waals surface area contributed by atoms with E-state index in [9.17, 15) is 4.79 Å². The molecular formula is C22H28N2O2S. The molecule has 0 bridgehead atoms. The number of aryl methyl sites for hydroxylation is 2. The first-order valence-electron chi connectivity index (χ1n) is 9.42. The number of hydrogen-bond donors (Lipinski definition) is 2. The van der Waals surface area contributed by atoms with Gasteiger partial charge in [-0.25, -0.2) is 0 Å². The van der Waals surface area contributed by atoms with Crippen molar-refractivity contribution >= 4 is 28.9 Å². The summed E-state index contributed by atoms with van der Waals surface area (Å²) in [7, 11) is 0. The molecule has 0 aliphatic rings. The molecule has 0 aliphatic carbocycles. The molecule has 5 heteroatoms. The van der Waals surface area contributed by atoms with Gasteiger partial charge in [0.05, 0.1) is 6.61 Å². The van der Waals surface area contributed by atoms with E-state index < -0.39 is 0 Å². The highest BCUT2D eigenvalue weighted by atomic mass is 32.1. The third-order valence-corrected chi connectivity index (χ3v) is 4.53. The fourth-order valence-electron chi connectivity index (χ4n) is 2.75. The molecular weight excluding hydrogens is 356 g/mol. The number of carbonyl (C=O) groups is 1. The van der Waals surface area contributed by atoms with E-state index in [4.69, 9.17) is 17.0 Å². The molecule has 2 N–H and O–H groups in total. The first-order chi connectivity index (χ1) is 13.0. The van der Waals surface area contributed by atoms with Crippen molar-refractivity contribution in [2.75, 3.05) is 11.9 Å². The van der Waals surface area contributed by atoms with Crippen molar-refractivity contribution in [2.24, 2.45) is 0 Å². The second-order valence-corrected chi connectivity index (χ2v) is 7.02. The molecule has 0 radical (unpaired) electrons. The topological polar surface area (TPSA) is 50.4 Å². The fourth-order valence-corrected chi connectivity index (χ4v) is 2.95. The number of rotatable bonds is 8. The van der Waals surface area contributed by atoms with Crippen molar-refractivity contribution in [1.29, 1.82) is 0 Å². The highest BCUT2D eigenvalue weighted by Crippen LogP contribution is 2.19. The second kappa shape index (κ2) is 10.7. The van der Waals surface area contributed by atoms with Gasteiger partial charge in [0.1, 0.15) is 5.75 Å². The predicted molar refractivity (Wildman–Crippen MR) is 116 cm³/mol. The highest BCUT2D eigenvalue weighted by Gasteiger charge is 2.10. The Hall–Kier alpha value is -2.40. The lowest BCUT2D eigenvalue weighted by atomic mass is 10.1. The average molecular weight is 385 g/mol. The molecule has 0 aromatic heterocycles. The lowest BCUT2D eigenvalue weighted by molar-refractivity contribution is 0.0977. The Balaban J connectivity index is 1.85. The van der Waals surface area contributed by atoms with Gasteiger partial charge in [0.25, 0.3) is 5.91 Å². The van der Waals surface area contributed by atoms with E-state index in [0.29, 0.717) is 12.2 Å². The summed E-state index contributed by atoms with van der Waals surface area (Å²) in [6.45, 7) is 6.89. The molecule has 0 heterocycles. The Morgan fingerprint density at radius 2 is 1.67 bits per heavy atom. The molecule has 2 aromatic carbocycles. The molecule has 1 amide bonds. The zero-order valence-electron chi connectivity index (χ0n) is 16.3. The van der Waals surface area contributed by atoms with E-state index >= 15 is 0 Å². The lowest BCUT2D eigenvalue weighted by Crippen LogP contribution is -2.34. The summed E-state index contributed by atoms with van der Waals surface area (Å²) in [5, 5.41) is 6.12. The number of nitrogens with one attached hydrogen (secondary N) is 2. The number of benzene rings is 2. The second-order valence-electron chi connectivity index (χ2n) is 6.61. The van der Waals surface area contributed by atoms with Crippen molar-refractivity contribution in [2.45, 2.75) is 46.5 Å². The van der Waals surface area contributed by atoms with Crippen LogP contribution in [0.2, 0.25) is 0 Å². The zero-order chi connectivity index (χ0) is 19.6. The molecule has 27 heavy (non-hydrogen) atoms. The summed E-state index contributed by atoms with van der Waals surface area (Å²) in [4.78, 5) is 12.4. The van der Waals surface area contributed by atoms with Crippen LogP contribution in [0.5, 0.6) is 5.75 Å². The number of carbonyl (C=O) groups excluding carboxylic acids is 1. The smallest absolute Gasteiger partial charge is 0.257 e. The van der Waals surface area contributed by atoms with Gasteiger partial charge >= 0.3 is 0 Å². The van der Waals surface area contributed by atoms with Gasteiger partial charge in [-0.1, -0.05) is 44.4 Å². The summed E-state index contributed by atoms with van der Waals surface area (Å²) in [5.74, 6) is 0.535. The van der Waals surface area contributed by atoms with Crippen molar-refractivity contribution in [1.82, 2.24) is 5.32 Å². The van der Waals surface area contributed by atoms with Crippen LogP contribution in [0.1, 0.15) is 54.1 Å². The van der Waals surface area contributed by atoms with Gasteiger partial charge in [0, 0.05) is 11.3 Å². The van der Waals surface area contributed by atoms with E-state index in [1.807, 2.05) is 44.2 Å². The maximum atomic E-state index is 12.4. The maximum Gasteiger partial charge on any atom is 0.257 e. The molecule has 2 rings (SSSR count). The van der Waals surface area contributed by atoms with Crippen LogP contribution in [0.25, 0.3) is 0 Å². The Bertz CT molecular complexity index is 752. The Morgan fingerprint density at radius 3 is 2.30 bits per heavy atom. The highest BCUT2D eigenvalue weighted by molar-refractivity contribution is 7.80. The predicted octanol–water partition coefficient (Wildman–Crippen LogP) is 5.39. The Kier molecular flexibility index (Phi) is 8.27. The number of amides is 1. The first-order valence-corrected chi connectivity index (χ1v) is 9.83. The normalized spacial score (nSPS) is 10.3. The van der Waals surface area contributed by atoms with Gasteiger partial charge in [-0.05, 0) is 67.9 Å². The quantitative estimate of drug-likeness (QED) is 0.473. The summed E-state index contributed by atoms with van der Waals surface area (Å²) < 4.78 is 5.70. The Labute approximate surface area is 167 Å².